The van der Waals surface area contributed by atoms with Crippen LogP contribution in [0.15, 0.2) is 0 Å². The van der Waals surface area contributed by atoms with Crippen molar-refractivity contribution in [2.24, 2.45) is 5.73 Å². The van der Waals surface area contributed by atoms with E-state index in [1.165, 1.54) is 0 Å². The van der Waals surface area contributed by atoms with Crippen LogP contribution in [-0.2, 0) is 4.43 Å². The van der Waals surface area contributed by atoms with Crippen LogP contribution in [-0.4, -0.2) is 34.2 Å². The van der Waals surface area contributed by atoms with Crippen LogP contribution in [0.4, 0.5) is 0 Å². The Labute approximate surface area is 70.4 Å². The summed E-state index contributed by atoms with van der Waals surface area (Å²) >= 11 is 0. The van der Waals surface area contributed by atoms with Crippen molar-refractivity contribution in [1.82, 2.24) is 5.32 Å². The van der Waals surface area contributed by atoms with E-state index in [0.717, 1.165) is 19.3 Å². The maximum Gasteiger partial charge on any atom is 0.200 e. The first-order valence-corrected chi connectivity index (χ1v) is 7.28. The molecule has 0 rings (SSSR count). The Morgan fingerprint density at radius 3 is 2.55 bits per heavy atom. The minimum atomic E-state index is -1.41. The van der Waals surface area contributed by atoms with Crippen LogP contribution in [0.3, 0.4) is 0 Å². The molecule has 0 spiro atoms. The molecule has 0 aromatic heterocycles. The van der Waals surface area contributed by atoms with Gasteiger partial charge in [0.15, 0.2) is 8.32 Å². The molecule has 11 heavy (non-hydrogen) atoms. The van der Waals surface area contributed by atoms with Crippen molar-refractivity contribution < 1.29 is 4.43 Å². The molecule has 0 fully saturated rings. The van der Waals surface area contributed by atoms with E-state index in [0.29, 0.717) is 6.54 Å². The Bertz CT molecular complexity index is 98.4. The number of nitrogens with one attached hydrogen (secondary N) is 1. The van der Waals surface area contributed by atoms with Gasteiger partial charge in [-0.15, -0.1) is 0 Å². The highest BCUT2D eigenvalue weighted by atomic mass is 28.4. The van der Waals surface area contributed by atoms with Crippen molar-refractivity contribution in [3.8, 4) is 0 Å². The smallest absolute Gasteiger partial charge is 0.200 e. The molecule has 3 N–H and O–H groups in total. The highest BCUT2D eigenvalue weighted by Gasteiger charge is 2.20. The first-order valence-electron chi connectivity index (χ1n) is 4.17. The number of hydrogen-bond donors (Lipinski definition) is 2. The SMILES string of the molecule is CCO[Si](C)(C)CNCCN. The molecule has 0 radical (unpaired) electrons. The van der Waals surface area contributed by atoms with Crippen LogP contribution in [0.2, 0.25) is 13.1 Å². The fraction of sp³-hybridized carbons (Fsp3) is 1.00. The maximum atomic E-state index is 5.61. The molecule has 0 bridgehead atoms. The topological polar surface area (TPSA) is 47.3 Å². The molecule has 0 unspecified atom stereocenters. The highest BCUT2D eigenvalue weighted by molar-refractivity contribution is 6.71. The average Bonchev–Trinajstić information content (AvgIpc) is 1.87. The van der Waals surface area contributed by atoms with Gasteiger partial charge in [0.05, 0.1) is 0 Å². The molecule has 0 aliphatic carbocycles. The number of hydrogen-bond acceptors (Lipinski definition) is 3. The standard InChI is InChI=1S/C7H20N2OSi/c1-4-10-11(2,3)7-9-6-5-8/h9H,4-8H2,1-3H3. The van der Waals surface area contributed by atoms with E-state index in [1.54, 1.807) is 0 Å². The summed E-state index contributed by atoms with van der Waals surface area (Å²) in [5.41, 5.74) is 5.34. The van der Waals surface area contributed by atoms with Gasteiger partial charge in [-0.25, -0.2) is 0 Å². The van der Waals surface area contributed by atoms with Crippen molar-refractivity contribution in [3.05, 3.63) is 0 Å². The van der Waals surface area contributed by atoms with Crippen LogP contribution < -0.4 is 11.1 Å². The lowest BCUT2D eigenvalue weighted by Gasteiger charge is -2.21. The summed E-state index contributed by atoms with van der Waals surface area (Å²) in [4.78, 5) is 0. The van der Waals surface area contributed by atoms with Crippen molar-refractivity contribution in [3.63, 3.8) is 0 Å². The fourth-order valence-electron chi connectivity index (χ4n) is 0.933. The number of rotatable bonds is 6. The van der Waals surface area contributed by atoms with Crippen LogP contribution in [0.1, 0.15) is 6.92 Å². The lowest BCUT2D eigenvalue weighted by Crippen LogP contribution is -2.44. The van der Waals surface area contributed by atoms with E-state index >= 15 is 0 Å². The Morgan fingerprint density at radius 1 is 1.45 bits per heavy atom. The predicted molar refractivity (Wildman–Crippen MR) is 51.0 cm³/mol. The third kappa shape index (κ3) is 6.49. The molecule has 4 heteroatoms. The summed E-state index contributed by atoms with van der Waals surface area (Å²) in [7, 11) is -1.41. The molecule has 0 amide bonds. The summed E-state index contributed by atoms with van der Waals surface area (Å²) in [6, 6.07) is 0. The van der Waals surface area contributed by atoms with E-state index in [-0.39, 0.29) is 0 Å². The van der Waals surface area contributed by atoms with Crippen molar-refractivity contribution in [1.29, 1.82) is 0 Å². The zero-order valence-corrected chi connectivity index (χ0v) is 8.81. The molecule has 0 atom stereocenters. The molecule has 0 heterocycles. The molecule has 68 valence electrons. The third-order valence-electron chi connectivity index (χ3n) is 1.41. The average molecular weight is 176 g/mol. The van der Waals surface area contributed by atoms with Gasteiger partial charge in [-0.05, 0) is 20.0 Å². The molecule has 0 aliphatic heterocycles. The molecule has 0 aromatic rings. The molecule has 0 saturated carbocycles. The van der Waals surface area contributed by atoms with Gasteiger partial charge in [0.25, 0.3) is 0 Å². The van der Waals surface area contributed by atoms with Crippen LogP contribution >= 0.6 is 0 Å². The molecular formula is C7H20N2OSi. The van der Waals surface area contributed by atoms with Crippen LogP contribution in [0, 0.1) is 0 Å². The van der Waals surface area contributed by atoms with Gasteiger partial charge in [-0.3, -0.25) is 0 Å². The zero-order valence-electron chi connectivity index (χ0n) is 7.81. The first-order chi connectivity index (χ1) is 5.12. The van der Waals surface area contributed by atoms with Crippen LogP contribution in [0.5, 0.6) is 0 Å². The monoisotopic (exact) mass is 176 g/mol. The van der Waals surface area contributed by atoms with Gasteiger partial charge in [0.2, 0.25) is 0 Å². The van der Waals surface area contributed by atoms with E-state index in [1.807, 2.05) is 6.92 Å². The Kier molecular flexibility index (Phi) is 5.76. The summed E-state index contributed by atoms with van der Waals surface area (Å²) in [6.07, 6.45) is 0.998. The summed E-state index contributed by atoms with van der Waals surface area (Å²) in [5, 5.41) is 3.27. The Morgan fingerprint density at radius 2 is 2.09 bits per heavy atom. The summed E-state index contributed by atoms with van der Waals surface area (Å²) in [6.45, 7) is 8.88. The number of nitrogens with two attached hydrogens (primary N) is 1. The molecule has 0 saturated heterocycles. The maximum absolute atomic E-state index is 5.61. The van der Waals surface area contributed by atoms with Gasteiger partial charge in [0.1, 0.15) is 0 Å². The quantitative estimate of drug-likeness (QED) is 0.452. The summed E-state index contributed by atoms with van der Waals surface area (Å²) < 4.78 is 5.61. The van der Waals surface area contributed by atoms with Gasteiger partial charge in [0, 0.05) is 25.9 Å². The van der Waals surface area contributed by atoms with E-state index in [9.17, 15) is 0 Å². The normalized spacial score (nSPS) is 12.0. The largest absolute Gasteiger partial charge is 0.416 e. The fourth-order valence-corrected chi connectivity index (χ4v) is 2.60. The minimum Gasteiger partial charge on any atom is -0.416 e. The molecule has 3 nitrogen and oxygen atoms in total. The lowest BCUT2D eigenvalue weighted by molar-refractivity contribution is 0.327. The second-order valence-electron chi connectivity index (χ2n) is 3.16. The second kappa shape index (κ2) is 5.71. The van der Waals surface area contributed by atoms with Gasteiger partial charge >= 0.3 is 0 Å². The van der Waals surface area contributed by atoms with E-state index < -0.39 is 8.32 Å². The molecule has 0 aliphatic rings. The van der Waals surface area contributed by atoms with Crippen molar-refractivity contribution >= 4 is 8.32 Å². The minimum absolute atomic E-state index is 0.705. The predicted octanol–water partition coefficient (Wildman–Crippen LogP) is 0.316. The third-order valence-corrected chi connectivity index (χ3v) is 3.58. The van der Waals surface area contributed by atoms with Gasteiger partial charge in [-0.2, -0.15) is 0 Å². The Balaban J connectivity index is 3.38. The van der Waals surface area contributed by atoms with Gasteiger partial charge in [-0.1, -0.05) is 0 Å². The van der Waals surface area contributed by atoms with Crippen molar-refractivity contribution in [2.45, 2.75) is 20.0 Å². The first kappa shape index (κ1) is 11.1. The van der Waals surface area contributed by atoms with E-state index in [2.05, 4.69) is 18.4 Å². The molecular weight excluding hydrogens is 156 g/mol. The highest BCUT2D eigenvalue weighted by Crippen LogP contribution is 2.00. The Hall–Kier alpha value is 0.0969. The van der Waals surface area contributed by atoms with Crippen LogP contribution in [0.25, 0.3) is 0 Å². The van der Waals surface area contributed by atoms with Crippen molar-refractivity contribution in [2.75, 3.05) is 25.9 Å². The zero-order chi connectivity index (χ0) is 8.74. The molecule has 0 aromatic carbocycles. The second-order valence-corrected chi connectivity index (χ2v) is 7.32. The lowest BCUT2D eigenvalue weighted by atomic mass is 10.7. The summed E-state index contributed by atoms with van der Waals surface area (Å²) in [5.74, 6) is 0. The van der Waals surface area contributed by atoms with Gasteiger partial charge < -0.3 is 15.5 Å². The van der Waals surface area contributed by atoms with E-state index in [4.69, 9.17) is 10.2 Å².